The fourth-order valence-corrected chi connectivity index (χ4v) is 6.19. The van der Waals surface area contributed by atoms with E-state index in [9.17, 15) is 9.90 Å². The predicted molar refractivity (Wildman–Crippen MR) is 126 cm³/mol. The Hall–Kier alpha value is -2.97. The summed E-state index contributed by atoms with van der Waals surface area (Å²) in [6, 6.07) is 2.95. The summed E-state index contributed by atoms with van der Waals surface area (Å²) in [5.41, 5.74) is 6.18. The lowest BCUT2D eigenvalue weighted by molar-refractivity contribution is -0.147. The molecule has 0 aliphatic carbocycles. The molecule has 0 aromatic heterocycles. The van der Waals surface area contributed by atoms with E-state index in [1.807, 2.05) is 17.9 Å². The molecule has 0 saturated carbocycles. The number of hydrogen-bond acceptors (Lipinski definition) is 7. The molecule has 8 heteroatoms. The standard InChI is InChI=1S/C26H32N2O6/c1-12-7-14-8-18-22-15-10-20(31-3)25(34-6)24(33-5)16(15)9-17(27-22)26(30)28(18)19(11-29)21(14)23(32-4)13(12)2/h7,10,17-19,22,27,29H,8-9,11H2,1-6H3/t17-,18-,19-,22+/m0/s1. The molecule has 0 spiro atoms. The number of piperazine rings is 1. The third kappa shape index (κ3) is 3.01. The van der Waals surface area contributed by atoms with E-state index in [1.54, 1.807) is 28.4 Å². The molecular formula is C26H32N2O6. The first kappa shape index (κ1) is 22.8. The molecule has 0 radical (unpaired) electrons. The molecule has 1 saturated heterocycles. The van der Waals surface area contributed by atoms with E-state index in [2.05, 4.69) is 18.3 Å². The summed E-state index contributed by atoms with van der Waals surface area (Å²) in [6.07, 6.45) is 1.11. The van der Waals surface area contributed by atoms with Crippen molar-refractivity contribution in [1.29, 1.82) is 0 Å². The molecule has 5 rings (SSSR count). The van der Waals surface area contributed by atoms with Gasteiger partial charge in [0.15, 0.2) is 11.5 Å². The van der Waals surface area contributed by atoms with Crippen LogP contribution >= 0.6 is 0 Å². The van der Waals surface area contributed by atoms with Crippen molar-refractivity contribution in [2.45, 2.75) is 50.9 Å². The van der Waals surface area contributed by atoms with E-state index in [1.165, 1.54) is 0 Å². The van der Waals surface area contributed by atoms with E-state index in [-0.39, 0.29) is 24.6 Å². The first-order chi connectivity index (χ1) is 16.4. The highest BCUT2D eigenvalue weighted by atomic mass is 16.5. The van der Waals surface area contributed by atoms with E-state index < -0.39 is 12.1 Å². The van der Waals surface area contributed by atoms with Gasteiger partial charge in [-0.05, 0) is 48.6 Å². The maximum Gasteiger partial charge on any atom is 0.240 e. The van der Waals surface area contributed by atoms with Crippen molar-refractivity contribution < 1.29 is 28.8 Å². The first-order valence-corrected chi connectivity index (χ1v) is 11.6. The average molecular weight is 469 g/mol. The zero-order chi connectivity index (χ0) is 24.3. The van der Waals surface area contributed by atoms with Gasteiger partial charge in [-0.1, -0.05) is 6.07 Å². The Morgan fingerprint density at radius 2 is 1.71 bits per heavy atom. The van der Waals surface area contributed by atoms with Crippen LogP contribution in [0.5, 0.6) is 23.0 Å². The molecule has 0 unspecified atom stereocenters. The van der Waals surface area contributed by atoms with Crippen molar-refractivity contribution in [2.75, 3.05) is 35.0 Å². The molecular weight excluding hydrogens is 436 g/mol. The predicted octanol–water partition coefficient (Wildman–Crippen LogP) is 2.39. The number of aryl methyl sites for hydroxylation is 1. The number of nitrogens with one attached hydrogen (secondary N) is 1. The average Bonchev–Trinajstić information content (AvgIpc) is 2.85. The van der Waals surface area contributed by atoms with Gasteiger partial charge in [0.2, 0.25) is 11.7 Å². The lowest BCUT2D eigenvalue weighted by atomic mass is 9.75. The van der Waals surface area contributed by atoms with E-state index in [0.717, 1.165) is 39.1 Å². The zero-order valence-corrected chi connectivity index (χ0v) is 20.5. The van der Waals surface area contributed by atoms with Crippen LogP contribution in [0, 0.1) is 13.8 Å². The van der Waals surface area contributed by atoms with Crippen LogP contribution in [0.4, 0.5) is 0 Å². The Morgan fingerprint density at radius 1 is 1.00 bits per heavy atom. The highest BCUT2D eigenvalue weighted by molar-refractivity contribution is 5.86. The third-order valence-corrected chi connectivity index (χ3v) is 7.77. The second-order valence-electron chi connectivity index (χ2n) is 9.25. The van der Waals surface area contributed by atoms with Gasteiger partial charge in [0.05, 0.1) is 59.2 Å². The van der Waals surface area contributed by atoms with Gasteiger partial charge in [-0.3, -0.25) is 10.1 Å². The van der Waals surface area contributed by atoms with Crippen LogP contribution < -0.4 is 24.3 Å². The van der Waals surface area contributed by atoms with Crippen LogP contribution in [0.1, 0.15) is 45.5 Å². The van der Waals surface area contributed by atoms with E-state index in [4.69, 9.17) is 18.9 Å². The number of carbonyl (C=O) groups excluding carboxylic acids is 1. The van der Waals surface area contributed by atoms with Crippen LogP contribution in [0.15, 0.2) is 12.1 Å². The summed E-state index contributed by atoms with van der Waals surface area (Å²) < 4.78 is 22.8. The van der Waals surface area contributed by atoms with Gasteiger partial charge < -0.3 is 29.0 Å². The van der Waals surface area contributed by atoms with Gasteiger partial charge in [-0.25, -0.2) is 0 Å². The maximum absolute atomic E-state index is 13.8. The largest absolute Gasteiger partial charge is 0.496 e. The summed E-state index contributed by atoms with van der Waals surface area (Å²) >= 11 is 0. The quantitative estimate of drug-likeness (QED) is 0.697. The highest BCUT2D eigenvalue weighted by Crippen LogP contribution is 2.51. The minimum absolute atomic E-state index is 0.0197. The van der Waals surface area contributed by atoms with Crippen molar-refractivity contribution in [3.8, 4) is 23.0 Å². The minimum Gasteiger partial charge on any atom is -0.496 e. The number of amides is 1. The molecule has 3 aliphatic rings. The number of rotatable bonds is 5. The van der Waals surface area contributed by atoms with Crippen molar-refractivity contribution >= 4 is 5.91 Å². The van der Waals surface area contributed by atoms with Crippen molar-refractivity contribution in [1.82, 2.24) is 10.2 Å². The Kier molecular flexibility index (Phi) is 5.61. The SMILES string of the molecule is COc1cc2c(c(OC)c1OC)C[C@@H]1N[C@H]2[C@@H]2Cc3cc(C)c(C)c(OC)c3[C@H](CO)N2C1=O. The van der Waals surface area contributed by atoms with Crippen LogP contribution in [-0.4, -0.2) is 63.0 Å². The molecule has 34 heavy (non-hydrogen) atoms. The van der Waals surface area contributed by atoms with Gasteiger partial charge in [-0.2, -0.15) is 0 Å². The summed E-state index contributed by atoms with van der Waals surface area (Å²) in [7, 11) is 6.46. The van der Waals surface area contributed by atoms with Crippen molar-refractivity contribution in [3.05, 3.63) is 45.5 Å². The molecule has 3 aliphatic heterocycles. The van der Waals surface area contributed by atoms with Gasteiger partial charge in [-0.15, -0.1) is 0 Å². The Balaban J connectivity index is 1.71. The monoisotopic (exact) mass is 468 g/mol. The third-order valence-electron chi connectivity index (χ3n) is 7.77. The van der Waals surface area contributed by atoms with Crippen LogP contribution in [-0.2, 0) is 17.6 Å². The van der Waals surface area contributed by atoms with Gasteiger partial charge in [0.25, 0.3) is 0 Å². The van der Waals surface area contributed by atoms with E-state index in [0.29, 0.717) is 30.1 Å². The fourth-order valence-electron chi connectivity index (χ4n) is 6.19. The number of carbonyl (C=O) groups is 1. The molecule has 3 heterocycles. The number of aliphatic hydroxyl groups is 1. The molecule has 4 atom stereocenters. The molecule has 1 amide bonds. The summed E-state index contributed by atoms with van der Waals surface area (Å²) in [6.45, 7) is 3.91. The second kappa shape index (κ2) is 8.36. The van der Waals surface area contributed by atoms with Gasteiger partial charge in [0, 0.05) is 17.5 Å². The molecule has 2 aromatic carbocycles. The molecule has 8 nitrogen and oxygen atoms in total. The molecule has 2 bridgehead atoms. The first-order valence-electron chi connectivity index (χ1n) is 11.6. The summed E-state index contributed by atoms with van der Waals surface area (Å²) in [4.78, 5) is 15.7. The topological polar surface area (TPSA) is 89.5 Å². The van der Waals surface area contributed by atoms with E-state index >= 15 is 0 Å². The Labute approximate surface area is 199 Å². The molecule has 2 aromatic rings. The number of benzene rings is 2. The van der Waals surface area contributed by atoms with Crippen LogP contribution in [0.2, 0.25) is 0 Å². The number of fused-ring (bicyclic) bond motifs is 7. The normalized spacial score (nSPS) is 24.7. The highest BCUT2D eigenvalue weighted by Gasteiger charge is 2.52. The summed E-state index contributed by atoms with van der Waals surface area (Å²) in [5, 5.41) is 14.1. The minimum atomic E-state index is -0.466. The van der Waals surface area contributed by atoms with Gasteiger partial charge in [0.1, 0.15) is 5.75 Å². The Morgan fingerprint density at radius 3 is 2.32 bits per heavy atom. The van der Waals surface area contributed by atoms with Crippen molar-refractivity contribution in [2.24, 2.45) is 0 Å². The lowest BCUT2D eigenvalue weighted by Crippen LogP contribution is -2.66. The Bertz CT molecular complexity index is 1160. The molecule has 2 N–H and O–H groups in total. The summed E-state index contributed by atoms with van der Waals surface area (Å²) in [5.74, 6) is 2.47. The number of hydrogen-bond donors (Lipinski definition) is 2. The zero-order valence-electron chi connectivity index (χ0n) is 20.5. The second-order valence-corrected chi connectivity index (χ2v) is 9.25. The van der Waals surface area contributed by atoms with Crippen LogP contribution in [0.25, 0.3) is 0 Å². The van der Waals surface area contributed by atoms with Gasteiger partial charge >= 0.3 is 0 Å². The number of methoxy groups -OCH3 is 4. The molecule has 182 valence electrons. The fraction of sp³-hybridized carbons (Fsp3) is 0.500. The number of ether oxygens (including phenoxy) is 4. The van der Waals surface area contributed by atoms with Crippen molar-refractivity contribution in [3.63, 3.8) is 0 Å². The number of nitrogens with zero attached hydrogens (tertiary/aromatic N) is 1. The maximum atomic E-state index is 13.8. The number of aliphatic hydroxyl groups excluding tert-OH is 1. The molecule has 1 fully saturated rings. The van der Waals surface area contributed by atoms with Crippen LogP contribution in [0.3, 0.4) is 0 Å². The lowest BCUT2D eigenvalue weighted by Gasteiger charge is -2.54. The smallest absolute Gasteiger partial charge is 0.240 e.